The Morgan fingerprint density at radius 2 is 1.80 bits per heavy atom. The van der Waals surface area contributed by atoms with E-state index in [1.807, 2.05) is 0 Å². The van der Waals surface area contributed by atoms with Gasteiger partial charge in [-0.25, -0.2) is 4.57 Å². The standard InChI is InChI=1S/C2H7O6PSi/c1-6-9(3,7-2)8-10(4)5/h4H,1-2H3. The Labute approximate surface area is 59.2 Å². The fourth-order valence-corrected chi connectivity index (χ4v) is 1.76. The second-order valence-corrected chi connectivity index (χ2v) is 4.06. The van der Waals surface area contributed by atoms with Gasteiger partial charge in [-0.1, -0.05) is 0 Å². The summed E-state index contributed by atoms with van der Waals surface area (Å²) in [6.07, 6.45) is 0. The fraction of sp³-hybridized carbons (Fsp3) is 1.00. The van der Waals surface area contributed by atoms with Crippen molar-refractivity contribution in [1.82, 2.24) is 0 Å². The van der Waals surface area contributed by atoms with Crippen LogP contribution in [0, 0.1) is 0 Å². The summed E-state index contributed by atoms with van der Waals surface area (Å²) >= 11 is 0. The molecule has 10 heavy (non-hydrogen) atoms. The van der Waals surface area contributed by atoms with Crippen LogP contribution in [0.2, 0.25) is 0 Å². The molecule has 0 aromatic rings. The summed E-state index contributed by atoms with van der Waals surface area (Å²) in [6.45, 7) is 0. The Bertz CT molecular complexity index is 159. The average molecular weight is 186 g/mol. The average Bonchev–Trinajstić information content (AvgIpc) is 1.87. The number of rotatable bonds is 4. The zero-order valence-electron chi connectivity index (χ0n) is 5.44. The van der Waals surface area contributed by atoms with Crippen LogP contribution in [0.1, 0.15) is 0 Å². The second-order valence-electron chi connectivity index (χ2n) is 1.17. The summed E-state index contributed by atoms with van der Waals surface area (Å²) in [5.74, 6) is 0. The predicted octanol–water partition coefficient (Wildman–Crippen LogP) is -0.188. The maximum absolute atomic E-state index is 10.8. The molecule has 0 aromatic heterocycles. The third-order valence-electron chi connectivity index (χ3n) is 0.637. The molecular formula is C2H7O6PSi. The van der Waals surface area contributed by atoms with Gasteiger partial charge in [0.1, 0.15) is 0 Å². The molecule has 0 aliphatic rings. The van der Waals surface area contributed by atoms with Crippen LogP contribution < -0.4 is 0 Å². The third kappa shape index (κ3) is 3.07. The van der Waals surface area contributed by atoms with Crippen molar-refractivity contribution in [1.29, 1.82) is 0 Å². The van der Waals surface area contributed by atoms with E-state index in [-0.39, 0.29) is 0 Å². The molecule has 0 fully saturated rings. The highest BCUT2D eigenvalue weighted by molar-refractivity contribution is 7.49. The fourth-order valence-electron chi connectivity index (χ4n) is 0.245. The van der Waals surface area contributed by atoms with Gasteiger partial charge in [0.05, 0.1) is 0 Å². The summed E-state index contributed by atoms with van der Waals surface area (Å²) in [7, 11) is -4.93. The van der Waals surface area contributed by atoms with Gasteiger partial charge >= 0.3 is 17.0 Å². The highest BCUT2D eigenvalue weighted by Gasteiger charge is 2.28. The Hall–Kier alpha value is -0.233. The number of hydrogen-bond acceptors (Lipinski definition) is 5. The van der Waals surface area contributed by atoms with E-state index in [1.165, 1.54) is 0 Å². The molecule has 0 unspecified atom stereocenters. The molecular weight excluding hydrogens is 179 g/mol. The Morgan fingerprint density at radius 3 is 1.90 bits per heavy atom. The monoisotopic (exact) mass is 186 g/mol. The SMILES string of the molecule is COP(=O)(OC)O[Si](=O)O. The van der Waals surface area contributed by atoms with E-state index in [0.717, 1.165) is 14.2 Å². The summed E-state index contributed by atoms with van der Waals surface area (Å²) in [6, 6.07) is 0. The molecule has 0 saturated carbocycles. The van der Waals surface area contributed by atoms with Crippen LogP contribution >= 0.6 is 7.82 Å². The summed E-state index contributed by atoms with van der Waals surface area (Å²) in [5, 5.41) is 0. The van der Waals surface area contributed by atoms with E-state index in [0.29, 0.717) is 0 Å². The van der Waals surface area contributed by atoms with Crippen LogP contribution in [0.4, 0.5) is 0 Å². The van der Waals surface area contributed by atoms with Crippen LogP contribution in [-0.2, 0) is 22.3 Å². The van der Waals surface area contributed by atoms with Gasteiger partial charge in [-0.2, -0.15) is 0 Å². The smallest absolute Gasteiger partial charge is 0.511 e. The van der Waals surface area contributed by atoms with E-state index in [1.54, 1.807) is 0 Å². The van der Waals surface area contributed by atoms with E-state index < -0.39 is 17.0 Å². The first kappa shape index (κ1) is 9.77. The topological polar surface area (TPSA) is 82.1 Å². The van der Waals surface area contributed by atoms with E-state index >= 15 is 0 Å². The van der Waals surface area contributed by atoms with Crippen LogP contribution in [-0.4, -0.2) is 28.2 Å². The molecule has 0 rings (SSSR count). The third-order valence-corrected chi connectivity index (χ3v) is 3.05. The Morgan fingerprint density at radius 1 is 1.40 bits per heavy atom. The van der Waals surface area contributed by atoms with E-state index in [2.05, 4.69) is 13.3 Å². The van der Waals surface area contributed by atoms with Crippen LogP contribution in [0.25, 0.3) is 0 Å². The van der Waals surface area contributed by atoms with Gasteiger partial charge in [-0.3, -0.25) is 13.5 Å². The van der Waals surface area contributed by atoms with Crippen LogP contribution in [0.5, 0.6) is 0 Å². The Kier molecular flexibility index (Phi) is 3.73. The van der Waals surface area contributed by atoms with Gasteiger partial charge in [0.2, 0.25) is 0 Å². The lowest BCUT2D eigenvalue weighted by Gasteiger charge is -2.09. The number of phosphoric acid groups is 1. The quantitative estimate of drug-likeness (QED) is 0.484. The second kappa shape index (κ2) is 3.82. The van der Waals surface area contributed by atoms with Gasteiger partial charge in [-0.15, -0.1) is 0 Å². The van der Waals surface area contributed by atoms with Crippen molar-refractivity contribution < 1.29 is 27.1 Å². The summed E-state index contributed by atoms with van der Waals surface area (Å²) < 4.78 is 33.0. The largest absolute Gasteiger partial charge is 0.772 e. The summed E-state index contributed by atoms with van der Waals surface area (Å²) in [5.41, 5.74) is 0. The molecule has 0 spiro atoms. The van der Waals surface area contributed by atoms with Crippen molar-refractivity contribution in [3.05, 3.63) is 0 Å². The maximum Gasteiger partial charge on any atom is 0.772 e. The molecule has 0 saturated heterocycles. The van der Waals surface area contributed by atoms with E-state index in [4.69, 9.17) is 4.80 Å². The van der Waals surface area contributed by atoms with Crippen LogP contribution in [0.3, 0.4) is 0 Å². The molecule has 60 valence electrons. The minimum atomic E-state index is -3.75. The lowest BCUT2D eigenvalue weighted by molar-refractivity contribution is 0.191. The molecule has 0 amide bonds. The molecule has 8 heteroatoms. The lowest BCUT2D eigenvalue weighted by atomic mass is 11.8. The van der Waals surface area contributed by atoms with Gasteiger partial charge in [0.25, 0.3) is 0 Å². The normalized spacial score (nSPS) is 11.0. The minimum Gasteiger partial charge on any atom is -0.511 e. The first-order chi connectivity index (χ1) is 4.54. The van der Waals surface area contributed by atoms with Gasteiger partial charge in [-0.05, 0) is 0 Å². The highest BCUT2D eigenvalue weighted by atomic mass is 31.2. The molecule has 1 N–H and O–H groups in total. The molecule has 0 aromatic carbocycles. The molecule has 0 heterocycles. The van der Waals surface area contributed by atoms with Crippen molar-refractivity contribution in [2.75, 3.05) is 14.2 Å². The highest BCUT2D eigenvalue weighted by Crippen LogP contribution is 2.46. The van der Waals surface area contributed by atoms with Gasteiger partial charge < -0.3 is 9.01 Å². The van der Waals surface area contributed by atoms with E-state index in [9.17, 15) is 9.03 Å². The Balaban J connectivity index is 4.07. The summed E-state index contributed by atoms with van der Waals surface area (Å²) in [4.78, 5) is 8.14. The van der Waals surface area contributed by atoms with Gasteiger partial charge in [0.15, 0.2) is 0 Å². The van der Waals surface area contributed by atoms with Crippen molar-refractivity contribution >= 4 is 17.0 Å². The van der Waals surface area contributed by atoms with Crippen molar-refractivity contribution in [2.45, 2.75) is 0 Å². The molecule has 0 radical (unpaired) electrons. The van der Waals surface area contributed by atoms with Crippen molar-refractivity contribution in [3.8, 4) is 0 Å². The molecule has 0 bridgehead atoms. The molecule has 0 atom stereocenters. The molecule has 6 nitrogen and oxygen atoms in total. The van der Waals surface area contributed by atoms with Crippen molar-refractivity contribution in [3.63, 3.8) is 0 Å². The first-order valence-corrected chi connectivity index (χ1v) is 4.90. The maximum atomic E-state index is 10.8. The predicted molar refractivity (Wildman–Crippen MR) is 31.4 cm³/mol. The van der Waals surface area contributed by atoms with Gasteiger partial charge in [0, 0.05) is 14.2 Å². The number of phosphoric ester groups is 1. The first-order valence-electron chi connectivity index (χ1n) is 2.18. The van der Waals surface area contributed by atoms with Crippen molar-refractivity contribution in [2.24, 2.45) is 0 Å². The number of hydrogen-bond donors (Lipinski definition) is 1. The molecule has 0 aliphatic carbocycles. The zero-order valence-corrected chi connectivity index (χ0v) is 7.33. The van der Waals surface area contributed by atoms with Crippen LogP contribution in [0.15, 0.2) is 0 Å². The lowest BCUT2D eigenvalue weighted by Crippen LogP contribution is -2.05. The molecule has 0 aliphatic heterocycles. The zero-order chi connectivity index (χ0) is 8.20. The minimum absolute atomic E-state index is 1.05.